The van der Waals surface area contributed by atoms with E-state index >= 15 is 0 Å². The molecule has 10 nitrogen and oxygen atoms in total. The minimum atomic E-state index is -0.666. The van der Waals surface area contributed by atoms with E-state index in [1.54, 1.807) is 0 Å². The number of nitrogens with one attached hydrogen (secondary N) is 2. The first-order chi connectivity index (χ1) is 24.2. The van der Waals surface area contributed by atoms with Crippen molar-refractivity contribution in [3.8, 4) is 0 Å². The lowest BCUT2D eigenvalue weighted by atomic mass is 9.96. The number of rotatable bonds is 13. The fourth-order valence-electron chi connectivity index (χ4n) is 8.05. The van der Waals surface area contributed by atoms with Crippen molar-refractivity contribution >= 4 is 23.7 Å². The standard InChI is InChI=1S/C40H61N7O3/c1-6-20-45(34-16-21-43(4)22-17-34)27-26-44(5)38(48)37(29-30-13-14-31(7-2)32(8-3)28-30)42-39(49)46-23-18-35(19-24-46)47-25-15-33-11-9-10-12-36(33)41-40(47)50/h9-14,28,34-35,37H,6-8,15-27,29H2,1-5H3,(H,41,50)(H,42,49)/t37-/m1/s1. The molecule has 50 heavy (non-hydrogen) atoms. The fourth-order valence-corrected chi connectivity index (χ4v) is 8.05. The van der Waals surface area contributed by atoms with E-state index in [4.69, 9.17) is 0 Å². The van der Waals surface area contributed by atoms with Crippen molar-refractivity contribution in [2.75, 3.05) is 71.8 Å². The zero-order valence-electron chi connectivity index (χ0n) is 31.3. The minimum absolute atomic E-state index is 0.0496. The molecule has 10 heteroatoms. The van der Waals surface area contributed by atoms with Crippen LogP contribution in [0.2, 0.25) is 0 Å². The summed E-state index contributed by atoms with van der Waals surface area (Å²) >= 11 is 0. The summed E-state index contributed by atoms with van der Waals surface area (Å²) in [6, 6.07) is 14.2. The van der Waals surface area contributed by atoms with Gasteiger partial charge in [0.1, 0.15) is 6.04 Å². The summed E-state index contributed by atoms with van der Waals surface area (Å²) in [6.07, 6.45) is 7.98. The lowest BCUT2D eigenvalue weighted by Gasteiger charge is -2.39. The molecule has 5 amide bonds. The number of hydrogen-bond donors (Lipinski definition) is 2. The average Bonchev–Trinajstić information content (AvgIpc) is 3.30. The van der Waals surface area contributed by atoms with Gasteiger partial charge in [0.25, 0.3) is 0 Å². The van der Waals surface area contributed by atoms with Crippen molar-refractivity contribution in [1.82, 2.24) is 29.8 Å². The summed E-state index contributed by atoms with van der Waals surface area (Å²) in [5.74, 6) is -0.0496. The van der Waals surface area contributed by atoms with Crippen LogP contribution in [0.3, 0.4) is 0 Å². The number of carbonyl (C=O) groups is 3. The van der Waals surface area contributed by atoms with Gasteiger partial charge in [0.2, 0.25) is 5.91 Å². The van der Waals surface area contributed by atoms with E-state index < -0.39 is 6.04 Å². The highest BCUT2D eigenvalue weighted by molar-refractivity contribution is 5.91. The molecule has 2 N–H and O–H groups in total. The number of likely N-dealkylation sites (N-methyl/N-ethyl adjacent to an activating group) is 1. The topological polar surface area (TPSA) is 91.5 Å². The Kier molecular flexibility index (Phi) is 13.6. The van der Waals surface area contributed by atoms with Gasteiger partial charge in [0.15, 0.2) is 0 Å². The molecule has 2 aromatic carbocycles. The van der Waals surface area contributed by atoms with Crippen LogP contribution >= 0.6 is 0 Å². The predicted molar refractivity (Wildman–Crippen MR) is 202 cm³/mol. The van der Waals surface area contributed by atoms with E-state index in [-0.39, 0.29) is 24.0 Å². The molecule has 3 heterocycles. The number of fused-ring (bicyclic) bond motifs is 1. The molecule has 5 rings (SSSR count). The number of para-hydroxylation sites is 1. The van der Waals surface area contributed by atoms with Gasteiger partial charge in [-0.25, -0.2) is 9.59 Å². The molecule has 2 aromatic rings. The second-order valence-electron chi connectivity index (χ2n) is 14.6. The molecule has 3 aliphatic rings. The zero-order valence-corrected chi connectivity index (χ0v) is 31.3. The average molecular weight is 688 g/mol. The fraction of sp³-hybridized carbons (Fsp3) is 0.625. The number of anilines is 1. The molecular formula is C40H61N7O3. The third-order valence-electron chi connectivity index (χ3n) is 11.2. The number of benzene rings is 2. The number of piperidine rings is 2. The molecule has 2 fully saturated rings. The van der Waals surface area contributed by atoms with Crippen LogP contribution in [0.25, 0.3) is 0 Å². The highest BCUT2D eigenvalue weighted by Crippen LogP contribution is 2.25. The van der Waals surface area contributed by atoms with Crippen molar-refractivity contribution in [3.63, 3.8) is 0 Å². The van der Waals surface area contributed by atoms with E-state index in [0.29, 0.717) is 51.5 Å². The molecule has 0 radical (unpaired) electrons. The molecule has 2 saturated heterocycles. The van der Waals surface area contributed by atoms with Crippen LogP contribution in [0.4, 0.5) is 15.3 Å². The molecule has 274 valence electrons. The Balaban J connectivity index is 1.23. The third-order valence-corrected chi connectivity index (χ3v) is 11.2. The van der Waals surface area contributed by atoms with Crippen molar-refractivity contribution in [3.05, 3.63) is 64.7 Å². The molecule has 0 unspecified atom stereocenters. The highest BCUT2D eigenvalue weighted by Gasteiger charge is 2.33. The van der Waals surface area contributed by atoms with Crippen molar-refractivity contribution < 1.29 is 14.4 Å². The Hall–Kier alpha value is -3.63. The number of amides is 5. The maximum atomic E-state index is 14.2. The monoisotopic (exact) mass is 687 g/mol. The number of urea groups is 2. The van der Waals surface area contributed by atoms with Crippen LogP contribution in [-0.4, -0.2) is 127 Å². The van der Waals surface area contributed by atoms with Gasteiger partial charge in [0.05, 0.1) is 0 Å². The lowest BCUT2D eigenvalue weighted by Crippen LogP contribution is -2.56. The molecule has 0 bridgehead atoms. The normalized spacial score (nSPS) is 18.4. The van der Waals surface area contributed by atoms with Gasteiger partial charge in [-0.15, -0.1) is 0 Å². The van der Waals surface area contributed by atoms with Gasteiger partial charge in [-0.1, -0.05) is 57.2 Å². The van der Waals surface area contributed by atoms with Crippen LogP contribution in [0.1, 0.15) is 75.1 Å². The number of nitrogens with zero attached hydrogens (tertiary/aromatic N) is 5. The van der Waals surface area contributed by atoms with Crippen molar-refractivity contribution in [2.24, 2.45) is 0 Å². The van der Waals surface area contributed by atoms with E-state index in [9.17, 15) is 14.4 Å². The van der Waals surface area contributed by atoms with Crippen LogP contribution in [0.15, 0.2) is 42.5 Å². The van der Waals surface area contributed by atoms with Crippen LogP contribution in [0, 0.1) is 0 Å². The predicted octanol–water partition coefficient (Wildman–Crippen LogP) is 5.25. The summed E-state index contributed by atoms with van der Waals surface area (Å²) in [5.41, 5.74) is 5.72. The SMILES string of the molecule is CCCN(CCN(C)C(=O)[C@@H](Cc1ccc(CC)c(CC)c1)NC(=O)N1CCC(N2CCc3ccccc3NC2=O)CC1)C1CCN(C)CC1. The number of carbonyl (C=O) groups excluding carboxylic acids is 3. The smallest absolute Gasteiger partial charge is 0.322 e. The summed E-state index contributed by atoms with van der Waals surface area (Å²) < 4.78 is 0. The Morgan fingerprint density at radius 2 is 1.62 bits per heavy atom. The van der Waals surface area contributed by atoms with Gasteiger partial charge in [-0.05, 0) is 106 Å². The van der Waals surface area contributed by atoms with Gasteiger partial charge in [-0.2, -0.15) is 0 Å². The Bertz CT molecular complexity index is 1430. The quantitative estimate of drug-likeness (QED) is 0.300. The van der Waals surface area contributed by atoms with Gasteiger partial charge in [-0.3, -0.25) is 9.69 Å². The first-order valence-corrected chi connectivity index (χ1v) is 19.2. The Morgan fingerprint density at radius 3 is 2.32 bits per heavy atom. The zero-order chi connectivity index (χ0) is 35.6. The second-order valence-corrected chi connectivity index (χ2v) is 14.6. The Labute approximate surface area is 300 Å². The maximum absolute atomic E-state index is 14.2. The summed E-state index contributed by atoms with van der Waals surface area (Å²) in [5, 5.41) is 6.25. The molecule has 1 atom stereocenters. The van der Waals surface area contributed by atoms with E-state index in [0.717, 1.165) is 81.5 Å². The molecule has 0 saturated carbocycles. The van der Waals surface area contributed by atoms with E-state index in [2.05, 4.69) is 72.5 Å². The lowest BCUT2D eigenvalue weighted by molar-refractivity contribution is -0.132. The van der Waals surface area contributed by atoms with Gasteiger partial charge < -0.3 is 30.2 Å². The van der Waals surface area contributed by atoms with Crippen LogP contribution in [0.5, 0.6) is 0 Å². The number of likely N-dealkylation sites (tertiary alicyclic amines) is 2. The summed E-state index contributed by atoms with van der Waals surface area (Å²) in [7, 11) is 4.07. The van der Waals surface area contributed by atoms with E-state index in [1.165, 1.54) is 11.1 Å². The van der Waals surface area contributed by atoms with Crippen molar-refractivity contribution in [1.29, 1.82) is 0 Å². The number of hydrogen-bond acceptors (Lipinski definition) is 5. The maximum Gasteiger partial charge on any atom is 0.322 e. The largest absolute Gasteiger partial charge is 0.343 e. The molecule has 0 aliphatic carbocycles. The molecule has 0 aromatic heterocycles. The molecule has 0 spiro atoms. The molecule has 3 aliphatic heterocycles. The van der Waals surface area contributed by atoms with Crippen LogP contribution < -0.4 is 10.6 Å². The highest BCUT2D eigenvalue weighted by atomic mass is 16.2. The van der Waals surface area contributed by atoms with E-state index in [1.807, 2.05) is 39.9 Å². The first-order valence-electron chi connectivity index (χ1n) is 19.2. The first kappa shape index (κ1) is 37.6. The minimum Gasteiger partial charge on any atom is -0.343 e. The van der Waals surface area contributed by atoms with Gasteiger partial charge >= 0.3 is 12.1 Å². The second kappa shape index (κ2) is 18.0. The number of aryl methyl sites for hydroxylation is 2. The van der Waals surface area contributed by atoms with Crippen molar-refractivity contribution in [2.45, 2.75) is 96.7 Å². The molecular weight excluding hydrogens is 626 g/mol. The Morgan fingerprint density at radius 1 is 0.900 bits per heavy atom. The van der Waals surface area contributed by atoms with Gasteiger partial charge in [0, 0.05) is 64.0 Å². The summed E-state index contributed by atoms with van der Waals surface area (Å²) in [6.45, 7) is 13.0. The summed E-state index contributed by atoms with van der Waals surface area (Å²) in [4.78, 5) is 51.7. The van der Waals surface area contributed by atoms with Crippen LogP contribution in [-0.2, 0) is 30.5 Å². The third kappa shape index (κ3) is 9.57.